The van der Waals surface area contributed by atoms with Crippen LogP contribution in [0.3, 0.4) is 0 Å². The quantitative estimate of drug-likeness (QED) is 0.710. The highest BCUT2D eigenvalue weighted by Gasteiger charge is 2.07. The molecule has 5 nitrogen and oxygen atoms in total. The number of nitrogens with one attached hydrogen (secondary N) is 1. The molecule has 2 rings (SSSR count). The van der Waals surface area contributed by atoms with Gasteiger partial charge in [0.1, 0.15) is 11.5 Å². The van der Waals surface area contributed by atoms with Gasteiger partial charge in [0.25, 0.3) is 0 Å². The maximum atomic E-state index is 11.1. The number of hydrogen-bond donors (Lipinski definition) is 3. The van der Waals surface area contributed by atoms with Crippen molar-refractivity contribution in [2.45, 2.75) is 0 Å². The van der Waals surface area contributed by atoms with E-state index < -0.39 is 10.0 Å². The second kappa shape index (κ2) is 3.81. The Morgan fingerprint density at radius 1 is 1.00 bits per heavy atom. The van der Waals surface area contributed by atoms with Crippen LogP contribution < -0.4 is 4.72 Å². The van der Waals surface area contributed by atoms with Crippen LogP contribution in [0.5, 0.6) is 11.5 Å². The van der Waals surface area contributed by atoms with Crippen LogP contribution in [-0.4, -0.2) is 24.9 Å². The molecule has 0 spiro atoms. The topological polar surface area (TPSA) is 86.6 Å². The second-order valence-electron chi connectivity index (χ2n) is 3.74. The third-order valence-corrected chi connectivity index (χ3v) is 2.88. The SMILES string of the molecule is CS(=O)(=O)Nc1ccc2c(O)ccc(O)c2c1. The first-order chi connectivity index (χ1) is 7.87. The van der Waals surface area contributed by atoms with Crippen molar-refractivity contribution in [3.63, 3.8) is 0 Å². The van der Waals surface area contributed by atoms with Gasteiger partial charge in [0.15, 0.2) is 0 Å². The van der Waals surface area contributed by atoms with E-state index in [1.54, 1.807) is 0 Å². The fraction of sp³-hybridized carbons (Fsp3) is 0.0909. The molecule has 0 unspecified atom stereocenters. The molecule has 6 heteroatoms. The highest BCUT2D eigenvalue weighted by molar-refractivity contribution is 7.92. The lowest BCUT2D eigenvalue weighted by Crippen LogP contribution is -2.09. The van der Waals surface area contributed by atoms with Crippen molar-refractivity contribution in [2.75, 3.05) is 11.0 Å². The van der Waals surface area contributed by atoms with Crippen molar-refractivity contribution >= 4 is 26.5 Å². The molecule has 17 heavy (non-hydrogen) atoms. The summed E-state index contributed by atoms with van der Waals surface area (Å²) in [7, 11) is -3.36. The second-order valence-corrected chi connectivity index (χ2v) is 5.49. The van der Waals surface area contributed by atoms with Crippen molar-refractivity contribution in [1.82, 2.24) is 0 Å². The van der Waals surface area contributed by atoms with E-state index in [-0.39, 0.29) is 11.5 Å². The van der Waals surface area contributed by atoms with Crippen LogP contribution in [0.4, 0.5) is 5.69 Å². The Morgan fingerprint density at radius 3 is 2.18 bits per heavy atom. The van der Waals surface area contributed by atoms with Crippen LogP contribution in [0, 0.1) is 0 Å². The van der Waals surface area contributed by atoms with E-state index in [1.165, 1.54) is 30.3 Å². The van der Waals surface area contributed by atoms with Gasteiger partial charge < -0.3 is 10.2 Å². The smallest absolute Gasteiger partial charge is 0.229 e. The molecule has 0 fully saturated rings. The lowest BCUT2D eigenvalue weighted by Gasteiger charge is -2.07. The van der Waals surface area contributed by atoms with Crippen molar-refractivity contribution in [3.05, 3.63) is 30.3 Å². The summed E-state index contributed by atoms with van der Waals surface area (Å²) in [6.45, 7) is 0. The monoisotopic (exact) mass is 253 g/mol. The van der Waals surface area contributed by atoms with Gasteiger partial charge in [-0.15, -0.1) is 0 Å². The van der Waals surface area contributed by atoms with E-state index >= 15 is 0 Å². The van der Waals surface area contributed by atoms with Crippen LogP contribution in [0.15, 0.2) is 30.3 Å². The highest BCUT2D eigenvalue weighted by atomic mass is 32.2. The number of aromatic hydroxyl groups is 2. The van der Waals surface area contributed by atoms with Crippen LogP contribution in [-0.2, 0) is 10.0 Å². The summed E-state index contributed by atoms with van der Waals surface area (Å²) in [6.07, 6.45) is 1.04. The molecule has 0 saturated heterocycles. The maximum absolute atomic E-state index is 11.1. The number of anilines is 1. The fourth-order valence-electron chi connectivity index (χ4n) is 1.59. The van der Waals surface area contributed by atoms with Gasteiger partial charge in [-0.1, -0.05) is 0 Å². The Labute approximate surface area is 98.4 Å². The third-order valence-electron chi connectivity index (χ3n) is 2.27. The molecular weight excluding hydrogens is 242 g/mol. The molecule has 0 aliphatic heterocycles. The molecule has 3 N–H and O–H groups in total. The maximum Gasteiger partial charge on any atom is 0.229 e. The summed E-state index contributed by atoms with van der Waals surface area (Å²) < 4.78 is 24.4. The Balaban J connectivity index is 2.62. The molecule has 0 aliphatic carbocycles. The average molecular weight is 253 g/mol. The summed E-state index contributed by atoms with van der Waals surface area (Å²) in [5.74, 6) is 0.0126. The highest BCUT2D eigenvalue weighted by Crippen LogP contribution is 2.33. The Bertz CT molecular complexity index is 679. The first-order valence-corrected chi connectivity index (χ1v) is 6.68. The molecule has 0 bridgehead atoms. The van der Waals surface area contributed by atoms with Gasteiger partial charge in [-0.25, -0.2) is 8.42 Å². The van der Waals surface area contributed by atoms with E-state index in [0.717, 1.165) is 6.26 Å². The van der Waals surface area contributed by atoms with E-state index in [2.05, 4.69) is 4.72 Å². The first-order valence-electron chi connectivity index (χ1n) is 4.79. The van der Waals surface area contributed by atoms with Gasteiger partial charge in [0.2, 0.25) is 10.0 Å². The van der Waals surface area contributed by atoms with Crippen LogP contribution >= 0.6 is 0 Å². The molecular formula is C11H11NO4S. The Hall–Kier alpha value is -1.95. The minimum absolute atomic E-state index is 0.0186. The zero-order chi connectivity index (χ0) is 12.6. The van der Waals surface area contributed by atoms with Gasteiger partial charge in [0, 0.05) is 16.5 Å². The number of sulfonamides is 1. The summed E-state index contributed by atoms with van der Waals surface area (Å²) in [6, 6.07) is 7.25. The Kier molecular flexibility index (Phi) is 2.59. The number of benzene rings is 2. The molecule has 0 aromatic heterocycles. The third kappa shape index (κ3) is 2.42. The standard InChI is InChI=1S/C11H11NO4S/c1-17(15,16)12-7-2-3-8-9(6-7)11(14)5-4-10(8)13/h2-6,12-14H,1H3. The molecule has 2 aromatic rings. The number of phenols is 2. The molecule has 0 saturated carbocycles. The van der Waals surface area contributed by atoms with Crippen LogP contribution in [0.2, 0.25) is 0 Å². The van der Waals surface area contributed by atoms with E-state index in [0.29, 0.717) is 16.5 Å². The van der Waals surface area contributed by atoms with Gasteiger partial charge in [-0.05, 0) is 30.3 Å². The zero-order valence-corrected chi connectivity index (χ0v) is 9.82. The normalized spacial score (nSPS) is 11.6. The summed E-state index contributed by atoms with van der Waals surface area (Å²) in [4.78, 5) is 0. The van der Waals surface area contributed by atoms with Gasteiger partial charge in [-0.3, -0.25) is 4.72 Å². The van der Waals surface area contributed by atoms with Crippen molar-refractivity contribution in [3.8, 4) is 11.5 Å². The number of fused-ring (bicyclic) bond motifs is 1. The largest absolute Gasteiger partial charge is 0.507 e. The van der Waals surface area contributed by atoms with Crippen LogP contribution in [0.1, 0.15) is 0 Å². The first kappa shape index (κ1) is 11.5. The number of rotatable bonds is 2. The van der Waals surface area contributed by atoms with Crippen molar-refractivity contribution in [2.24, 2.45) is 0 Å². The van der Waals surface area contributed by atoms with Crippen molar-refractivity contribution in [1.29, 1.82) is 0 Å². The van der Waals surface area contributed by atoms with E-state index in [9.17, 15) is 18.6 Å². The van der Waals surface area contributed by atoms with Gasteiger partial charge >= 0.3 is 0 Å². The molecule has 0 aliphatic rings. The lowest BCUT2D eigenvalue weighted by atomic mass is 10.1. The Morgan fingerprint density at radius 2 is 1.59 bits per heavy atom. The molecule has 2 aromatic carbocycles. The van der Waals surface area contributed by atoms with Crippen LogP contribution in [0.25, 0.3) is 10.8 Å². The predicted octanol–water partition coefficient (Wildman–Crippen LogP) is 1.62. The molecule has 90 valence electrons. The summed E-state index contributed by atoms with van der Waals surface area (Å²) >= 11 is 0. The lowest BCUT2D eigenvalue weighted by molar-refractivity contribution is 0.469. The minimum atomic E-state index is -3.36. The van der Waals surface area contributed by atoms with Crippen molar-refractivity contribution < 1.29 is 18.6 Å². The molecule has 0 atom stereocenters. The molecule has 0 heterocycles. The molecule has 0 radical (unpaired) electrons. The average Bonchev–Trinajstić information content (AvgIpc) is 2.21. The number of hydrogen-bond acceptors (Lipinski definition) is 4. The van der Waals surface area contributed by atoms with E-state index in [4.69, 9.17) is 0 Å². The molecule has 0 amide bonds. The van der Waals surface area contributed by atoms with Gasteiger partial charge in [0.05, 0.1) is 6.26 Å². The predicted molar refractivity (Wildman–Crippen MR) is 65.7 cm³/mol. The number of phenolic OH excluding ortho intramolecular Hbond substituents is 2. The minimum Gasteiger partial charge on any atom is -0.507 e. The summed E-state index contributed by atoms with van der Waals surface area (Å²) in [5.41, 5.74) is 0.334. The van der Waals surface area contributed by atoms with Gasteiger partial charge in [-0.2, -0.15) is 0 Å². The van der Waals surface area contributed by atoms with E-state index in [1.807, 2.05) is 0 Å². The fourth-order valence-corrected chi connectivity index (χ4v) is 2.15. The zero-order valence-electron chi connectivity index (χ0n) is 9.01. The summed E-state index contributed by atoms with van der Waals surface area (Å²) in [5, 5.41) is 20.0.